The van der Waals surface area contributed by atoms with Gasteiger partial charge in [0.05, 0.1) is 5.69 Å². The van der Waals surface area contributed by atoms with E-state index in [4.69, 9.17) is 4.74 Å². The normalized spacial score (nSPS) is 22.1. The van der Waals surface area contributed by atoms with Crippen molar-refractivity contribution in [1.82, 2.24) is 5.32 Å². The van der Waals surface area contributed by atoms with E-state index in [0.717, 1.165) is 24.4 Å². The number of anilines is 1. The molecule has 4 heteroatoms. The quantitative estimate of drug-likeness (QED) is 0.918. The minimum absolute atomic E-state index is 0.0450. The number of carbonyl (C=O) groups excluding carboxylic acids is 1. The molecular weight excluding hydrogens is 252 g/mol. The smallest absolute Gasteiger partial charge is 0.265 e. The lowest BCUT2D eigenvalue weighted by molar-refractivity contribution is -0.121. The second kappa shape index (κ2) is 5.44. The fourth-order valence-corrected chi connectivity index (χ4v) is 3.13. The fraction of sp³-hybridized carbons (Fsp3) is 0.562. The van der Waals surface area contributed by atoms with Crippen molar-refractivity contribution in [3.63, 3.8) is 0 Å². The minimum atomic E-state index is 0.0450. The minimum Gasteiger partial charge on any atom is -0.482 e. The Labute approximate surface area is 120 Å². The molecule has 1 aromatic carbocycles. The molecule has 0 saturated carbocycles. The SMILES string of the molecule is CC(C)N1C(=O)COc2ccc(CC3CCCN3)cc21. The number of rotatable bonds is 3. The summed E-state index contributed by atoms with van der Waals surface area (Å²) in [7, 11) is 0. The van der Waals surface area contributed by atoms with Crippen LogP contribution >= 0.6 is 0 Å². The molecule has 2 aliphatic heterocycles. The molecule has 2 heterocycles. The van der Waals surface area contributed by atoms with Crippen LogP contribution in [0.1, 0.15) is 32.3 Å². The van der Waals surface area contributed by atoms with Crippen LogP contribution in [0.3, 0.4) is 0 Å². The van der Waals surface area contributed by atoms with Crippen LogP contribution in [-0.4, -0.2) is 31.1 Å². The third-order valence-electron chi connectivity index (χ3n) is 4.06. The fourth-order valence-electron chi connectivity index (χ4n) is 3.13. The third kappa shape index (κ3) is 2.52. The van der Waals surface area contributed by atoms with E-state index in [9.17, 15) is 4.79 Å². The van der Waals surface area contributed by atoms with Crippen LogP contribution in [0.4, 0.5) is 5.69 Å². The lowest BCUT2D eigenvalue weighted by Crippen LogP contribution is -2.43. The van der Waals surface area contributed by atoms with Crippen molar-refractivity contribution in [2.45, 2.75) is 45.2 Å². The molecule has 1 amide bonds. The number of hydrogen-bond donors (Lipinski definition) is 1. The molecule has 20 heavy (non-hydrogen) atoms. The van der Waals surface area contributed by atoms with Gasteiger partial charge in [-0.25, -0.2) is 0 Å². The number of benzene rings is 1. The number of nitrogens with one attached hydrogen (secondary N) is 1. The zero-order valence-electron chi connectivity index (χ0n) is 12.2. The van der Waals surface area contributed by atoms with Crippen molar-refractivity contribution in [3.05, 3.63) is 23.8 Å². The lowest BCUT2D eigenvalue weighted by atomic mass is 10.0. The van der Waals surface area contributed by atoms with Gasteiger partial charge in [0.1, 0.15) is 5.75 Å². The summed E-state index contributed by atoms with van der Waals surface area (Å²) < 4.78 is 5.53. The van der Waals surface area contributed by atoms with Crippen LogP contribution in [0.5, 0.6) is 5.75 Å². The van der Waals surface area contributed by atoms with E-state index in [1.807, 2.05) is 24.8 Å². The van der Waals surface area contributed by atoms with Gasteiger partial charge < -0.3 is 15.0 Å². The number of nitrogens with zero attached hydrogens (tertiary/aromatic N) is 1. The number of fused-ring (bicyclic) bond motifs is 1. The van der Waals surface area contributed by atoms with Crippen molar-refractivity contribution in [2.75, 3.05) is 18.1 Å². The molecule has 2 aliphatic rings. The predicted molar refractivity (Wildman–Crippen MR) is 79.3 cm³/mol. The second-order valence-corrected chi connectivity index (χ2v) is 5.95. The van der Waals surface area contributed by atoms with Crippen molar-refractivity contribution >= 4 is 11.6 Å². The molecule has 1 saturated heterocycles. The van der Waals surface area contributed by atoms with Crippen molar-refractivity contribution in [1.29, 1.82) is 0 Å². The number of amides is 1. The molecule has 3 rings (SSSR count). The van der Waals surface area contributed by atoms with Crippen LogP contribution in [-0.2, 0) is 11.2 Å². The van der Waals surface area contributed by atoms with E-state index in [-0.39, 0.29) is 18.6 Å². The molecular formula is C16H22N2O2. The van der Waals surface area contributed by atoms with Gasteiger partial charge in [-0.1, -0.05) is 6.07 Å². The van der Waals surface area contributed by atoms with Gasteiger partial charge in [-0.15, -0.1) is 0 Å². The van der Waals surface area contributed by atoms with Crippen molar-refractivity contribution in [2.24, 2.45) is 0 Å². The van der Waals surface area contributed by atoms with Crippen LogP contribution in [0, 0.1) is 0 Å². The average molecular weight is 274 g/mol. The highest BCUT2D eigenvalue weighted by Crippen LogP contribution is 2.34. The zero-order chi connectivity index (χ0) is 14.1. The summed E-state index contributed by atoms with van der Waals surface area (Å²) in [6, 6.07) is 6.96. The topological polar surface area (TPSA) is 41.6 Å². The summed E-state index contributed by atoms with van der Waals surface area (Å²) in [4.78, 5) is 13.9. The van der Waals surface area contributed by atoms with Gasteiger partial charge in [-0.2, -0.15) is 0 Å². The predicted octanol–water partition coefficient (Wildman–Crippen LogP) is 2.11. The first-order valence-corrected chi connectivity index (χ1v) is 7.46. The summed E-state index contributed by atoms with van der Waals surface area (Å²) in [5, 5.41) is 3.52. The highest BCUT2D eigenvalue weighted by molar-refractivity contribution is 5.98. The number of carbonyl (C=O) groups is 1. The maximum Gasteiger partial charge on any atom is 0.265 e. The Morgan fingerprint density at radius 1 is 1.45 bits per heavy atom. The Balaban J connectivity index is 1.87. The van der Waals surface area contributed by atoms with E-state index in [0.29, 0.717) is 6.04 Å². The van der Waals surface area contributed by atoms with Gasteiger partial charge in [0.25, 0.3) is 5.91 Å². The first-order chi connectivity index (χ1) is 9.65. The Kier molecular flexibility index (Phi) is 3.66. The van der Waals surface area contributed by atoms with Crippen molar-refractivity contribution < 1.29 is 9.53 Å². The molecule has 1 fully saturated rings. The second-order valence-electron chi connectivity index (χ2n) is 5.95. The summed E-state index contributed by atoms with van der Waals surface area (Å²) >= 11 is 0. The summed E-state index contributed by atoms with van der Waals surface area (Å²) in [5.74, 6) is 0.866. The monoisotopic (exact) mass is 274 g/mol. The summed E-state index contributed by atoms with van der Waals surface area (Å²) in [5.41, 5.74) is 2.19. The third-order valence-corrected chi connectivity index (χ3v) is 4.06. The largest absolute Gasteiger partial charge is 0.482 e. The Morgan fingerprint density at radius 3 is 3.00 bits per heavy atom. The molecule has 1 N–H and O–H groups in total. The standard InChI is InChI=1S/C16H22N2O2/c1-11(2)18-14-9-12(8-13-4-3-7-17-13)5-6-15(14)20-10-16(18)19/h5-6,9,11,13,17H,3-4,7-8,10H2,1-2H3. The van der Waals surface area contributed by atoms with Gasteiger partial charge in [0.2, 0.25) is 0 Å². The van der Waals surface area contributed by atoms with Gasteiger partial charge >= 0.3 is 0 Å². The Bertz CT molecular complexity index is 507. The highest BCUT2D eigenvalue weighted by Gasteiger charge is 2.28. The van der Waals surface area contributed by atoms with E-state index in [1.165, 1.54) is 18.4 Å². The average Bonchev–Trinajstić information content (AvgIpc) is 2.90. The first-order valence-electron chi connectivity index (χ1n) is 7.46. The van der Waals surface area contributed by atoms with Crippen molar-refractivity contribution in [3.8, 4) is 5.75 Å². The molecule has 1 atom stereocenters. The number of hydrogen-bond acceptors (Lipinski definition) is 3. The number of ether oxygens (including phenoxy) is 1. The molecule has 1 unspecified atom stereocenters. The van der Waals surface area contributed by atoms with Gasteiger partial charge in [0.15, 0.2) is 6.61 Å². The highest BCUT2D eigenvalue weighted by atomic mass is 16.5. The van der Waals surface area contributed by atoms with Crippen LogP contribution in [0.25, 0.3) is 0 Å². The molecule has 1 aromatic rings. The maximum absolute atomic E-state index is 12.0. The molecule has 0 spiro atoms. The molecule has 4 nitrogen and oxygen atoms in total. The van der Waals surface area contributed by atoms with Crippen LogP contribution in [0.2, 0.25) is 0 Å². The molecule has 0 aromatic heterocycles. The zero-order valence-corrected chi connectivity index (χ0v) is 12.2. The molecule has 0 bridgehead atoms. The maximum atomic E-state index is 12.0. The van der Waals surface area contributed by atoms with E-state index in [2.05, 4.69) is 17.4 Å². The Morgan fingerprint density at radius 2 is 2.30 bits per heavy atom. The lowest BCUT2D eigenvalue weighted by Gasteiger charge is -2.33. The molecule has 0 radical (unpaired) electrons. The Hall–Kier alpha value is -1.55. The first kappa shape index (κ1) is 13.4. The summed E-state index contributed by atoms with van der Waals surface area (Å²) in [6.07, 6.45) is 3.52. The van der Waals surface area contributed by atoms with Crippen LogP contribution in [0.15, 0.2) is 18.2 Å². The van der Waals surface area contributed by atoms with E-state index < -0.39 is 0 Å². The van der Waals surface area contributed by atoms with E-state index in [1.54, 1.807) is 0 Å². The van der Waals surface area contributed by atoms with Gasteiger partial charge in [0, 0.05) is 12.1 Å². The molecule has 108 valence electrons. The molecule has 0 aliphatic carbocycles. The van der Waals surface area contributed by atoms with Crippen LogP contribution < -0.4 is 15.0 Å². The van der Waals surface area contributed by atoms with Gasteiger partial charge in [-0.3, -0.25) is 4.79 Å². The summed E-state index contributed by atoms with van der Waals surface area (Å²) in [6.45, 7) is 5.35. The van der Waals surface area contributed by atoms with Gasteiger partial charge in [-0.05, 0) is 57.4 Å². The van der Waals surface area contributed by atoms with E-state index >= 15 is 0 Å².